The summed E-state index contributed by atoms with van der Waals surface area (Å²) in [6, 6.07) is 0. The average molecular weight is 1030 g/mol. The van der Waals surface area contributed by atoms with Gasteiger partial charge in [-0.3, -0.25) is 14.4 Å². The average Bonchev–Trinajstić information content (AvgIpc) is 3.39. The summed E-state index contributed by atoms with van der Waals surface area (Å²) in [4.78, 5) is 38.0. The zero-order chi connectivity index (χ0) is 52.9. The van der Waals surface area contributed by atoms with Crippen LogP contribution in [0.25, 0.3) is 0 Å². The lowest BCUT2D eigenvalue weighted by Gasteiger charge is -2.18. The van der Waals surface area contributed by atoms with Crippen LogP contribution in [0.15, 0.2) is 24.3 Å². The van der Waals surface area contributed by atoms with E-state index in [1.54, 1.807) is 0 Å². The fourth-order valence-corrected chi connectivity index (χ4v) is 10.0. The minimum absolute atomic E-state index is 0.0638. The molecular formula is C67H126O6. The van der Waals surface area contributed by atoms with Crippen molar-refractivity contribution in [3.63, 3.8) is 0 Å². The number of unbranched alkanes of at least 4 members (excludes halogenated alkanes) is 46. The fourth-order valence-electron chi connectivity index (χ4n) is 10.0. The maximum absolute atomic E-state index is 12.8. The van der Waals surface area contributed by atoms with Crippen LogP contribution in [0.1, 0.15) is 367 Å². The Hall–Kier alpha value is -2.11. The molecule has 6 nitrogen and oxygen atoms in total. The highest BCUT2D eigenvalue weighted by Gasteiger charge is 2.19. The van der Waals surface area contributed by atoms with Crippen molar-refractivity contribution in [2.75, 3.05) is 13.2 Å². The normalized spacial score (nSPS) is 12.1. The predicted octanol–water partition coefficient (Wildman–Crippen LogP) is 22.2. The predicted molar refractivity (Wildman–Crippen MR) is 316 cm³/mol. The molecule has 0 amide bonds. The summed E-state index contributed by atoms with van der Waals surface area (Å²) < 4.78 is 16.8. The molecule has 430 valence electrons. The Bertz CT molecular complexity index is 1180. The first-order chi connectivity index (χ1) is 36.0. The highest BCUT2D eigenvalue weighted by molar-refractivity contribution is 5.71. The Kier molecular flexibility index (Phi) is 60.6. The summed E-state index contributed by atoms with van der Waals surface area (Å²) in [5, 5.41) is 0. The molecule has 1 atom stereocenters. The van der Waals surface area contributed by atoms with Crippen LogP contribution in [0.3, 0.4) is 0 Å². The van der Waals surface area contributed by atoms with Crippen molar-refractivity contribution >= 4 is 17.9 Å². The van der Waals surface area contributed by atoms with Crippen molar-refractivity contribution < 1.29 is 28.6 Å². The first kappa shape index (κ1) is 70.9. The van der Waals surface area contributed by atoms with Crippen LogP contribution >= 0.6 is 0 Å². The zero-order valence-corrected chi connectivity index (χ0v) is 49.4. The molecule has 1 unspecified atom stereocenters. The molecule has 0 aromatic rings. The summed E-state index contributed by atoms with van der Waals surface area (Å²) in [6.45, 7) is 6.65. The van der Waals surface area contributed by atoms with Crippen LogP contribution < -0.4 is 0 Å². The summed E-state index contributed by atoms with van der Waals surface area (Å²) in [6.07, 6.45) is 75.2. The van der Waals surface area contributed by atoms with Gasteiger partial charge in [-0.1, -0.05) is 321 Å². The molecule has 0 spiro atoms. The van der Waals surface area contributed by atoms with Crippen LogP contribution in [-0.4, -0.2) is 37.2 Å². The van der Waals surface area contributed by atoms with Crippen molar-refractivity contribution in [1.82, 2.24) is 0 Å². The van der Waals surface area contributed by atoms with E-state index >= 15 is 0 Å². The van der Waals surface area contributed by atoms with Gasteiger partial charge in [0.2, 0.25) is 0 Å². The Morgan fingerprint density at radius 3 is 0.753 bits per heavy atom. The maximum Gasteiger partial charge on any atom is 0.306 e. The van der Waals surface area contributed by atoms with Crippen molar-refractivity contribution in [2.45, 2.75) is 374 Å². The van der Waals surface area contributed by atoms with E-state index in [-0.39, 0.29) is 31.1 Å². The Labute approximate surface area is 455 Å². The number of hydrogen-bond donors (Lipinski definition) is 0. The van der Waals surface area contributed by atoms with Gasteiger partial charge in [0, 0.05) is 19.3 Å². The second kappa shape index (κ2) is 62.4. The first-order valence-corrected chi connectivity index (χ1v) is 32.8. The largest absolute Gasteiger partial charge is 0.462 e. The molecule has 0 rings (SSSR count). The number of rotatable bonds is 61. The van der Waals surface area contributed by atoms with E-state index in [1.807, 2.05) is 0 Å². The molecule has 0 fully saturated rings. The van der Waals surface area contributed by atoms with E-state index in [9.17, 15) is 14.4 Å². The molecule has 0 aromatic carbocycles. The van der Waals surface area contributed by atoms with Crippen molar-refractivity contribution in [3.8, 4) is 0 Å². The van der Waals surface area contributed by atoms with Gasteiger partial charge in [-0.2, -0.15) is 0 Å². The van der Waals surface area contributed by atoms with E-state index < -0.39 is 6.10 Å². The van der Waals surface area contributed by atoms with Gasteiger partial charge in [-0.15, -0.1) is 0 Å². The zero-order valence-electron chi connectivity index (χ0n) is 49.4. The van der Waals surface area contributed by atoms with Gasteiger partial charge in [0.1, 0.15) is 13.2 Å². The van der Waals surface area contributed by atoms with Gasteiger partial charge in [0.05, 0.1) is 0 Å². The number of carbonyl (C=O) groups is 3. The van der Waals surface area contributed by atoms with Gasteiger partial charge >= 0.3 is 17.9 Å². The number of carbonyl (C=O) groups excluding carboxylic acids is 3. The molecular weight excluding hydrogens is 901 g/mol. The number of esters is 3. The smallest absolute Gasteiger partial charge is 0.306 e. The van der Waals surface area contributed by atoms with Crippen LogP contribution in [0.2, 0.25) is 0 Å². The summed E-state index contributed by atoms with van der Waals surface area (Å²) in [5.74, 6) is -0.844. The van der Waals surface area contributed by atoms with Crippen molar-refractivity contribution in [2.24, 2.45) is 0 Å². The molecule has 0 radical (unpaired) electrons. The lowest BCUT2D eigenvalue weighted by Crippen LogP contribution is -2.30. The van der Waals surface area contributed by atoms with Gasteiger partial charge in [-0.25, -0.2) is 0 Å². The standard InChI is InChI=1S/C67H126O6/c1-4-7-10-13-16-19-21-22-23-24-25-26-27-28-29-30-31-32-33-34-35-36-37-38-39-40-41-42-43-44-46-48-51-54-57-60-66(69)72-63-64(62-71-65(68)59-56-53-50-47-18-15-12-9-6-3)73-67(70)61-58-55-52-49-45-20-17-14-11-8-5-2/h21-22,24-25,64H,4-20,23,26-63H2,1-3H3/b22-21-,25-24-. The number of ether oxygens (including phenoxy) is 3. The molecule has 0 aliphatic rings. The van der Waals surface area contributed by atoms with E-state index in [2.05, 4.69) is 45.1 Å². The summed E-state index contributed by atoms with van der Waals surface area (Å²) >= 11 is 0. The molecule has 6 heteroatoms. The summed E-state index contributed by atoms with van der Waals surface area (Å²) in [5.41, 5.74) is 0. The van der Waals surface area contributed by atoms with Crippen LogP contribution in [-0.2, 0) is 28.6 Å². The molecule has 0 aliphatic carbocycles. The Balaban J connectivity index is 3.89. The third kappa shape index (κ3) is 60.6. The molecule has 0 saturated carbocycles. The highest BCUT2D eigenvalue weighted by Crippen LogP contribution is 2.18. The number of hydrogen-bond acceptors (Lipinski definition) is 6. The van der Waals surface area contributed by atoms with Gasteiger partial charge in [0.25, 0.3) is 0 Å². The second-order valence-corrected chi connectivity index (χ2v) is 22.4. The van der Waals surface area contributed by atoms with Gasteiger partial charge in [0.15, 0.2) is 6.10 Å². The molecule has 0 aliphatic heterocycles. The van der Waals surface area contributed by atoms with Gasteiger partial charge in [-0.05, 0) is 51.4 Å². The Morgan fingerprint density at radius 2 is 0.493 bits per heavy atom. The SMILES string of the molecule is CCCCCCC/C=C\C/C=C\CCCCCCCCCCCCCCCCCCCCCCCCCC(=O)OCC(COC(=O)CCCCCCCCCCC)OC(=O)CCCCCCCCCCCCC. The Morgan fingerprint density at radius 1 is 0.274 bits per heavy atom. The third-order valence-corrected chi connectivity index (χ3v) is 15.0. The molecule has 0 N–H and O–H groups in total. The van der Waals surface area contributed by atoms with E-state index in [0.29, 0.717) is 19.3 Å². The van der Waals surface area contributed by atoms with E-state index in [0.717, 1.165) is 64.2 Å². The summed E-state index contributed by atoms with van der Waals surface area (Å²) in [7, 11) is 0. The third-order valence-electron chi connectivity index (χ3n) is 15.0. The molecule has 0 saturated heterocycles. The monoisotopic (exact) mass is 1030 g/mol. The quantitative estimate of drug-likeness (QED) is 0.0261. The van der Waals surface area contributed by atoms with Crippen molar-refractivity contribution in [3.05, 3.63) is 24.3 Å². The second-order valence-electron chi connectivity index (χ2n) is 22.4. The minimum atomic E-state index is -0.762. The topological polar surface area (TPSA) is 78.9 Å². The minimum Gasteiger partial charge on any atom is -0.462 e. The molecule has 0 bridgehead atoms. The van der Waals surface area contributed by atoms with Crippen LogP contribution in [0, 0.1) is 0 Å². The maximum atomic E-state index is 12.8. The molecule has 0 aromatic heterocycles. The van der Waals surface area contributed by atoms with Crippen LogP contribution in [0.4, 0.5) is 0 Å². The van der Waals surface area contributed by atoms with Crippen molar-refractivity contribution in [1.29, 1.82) is 0 Å². The highest BCUT2D eigenvalue weighted by atomic mass is 16.6. The lowest BCUT2D eigenvalue weighted by molar-refractivity contribution is -0.167. The van der Waals surface area contributed by atoms with Gasteiger partial charge < -0.3 is 14.2 Å². The molecule has 73 heavy (non-hydrogen) atoms. The first-order valence-electron chi connectivity index (χ1n) is 32.8. The molecule has 0 heterocycles. The van der Waals surface area contributed by atoms with E-state index in [4.69, 9.17) is 14.2 Å². The van der Waals surface area contributed by atoms with Crippen LogP contribution in [0.5, 0.6) is 0 Å². The number of allylic oxidation sites excluding steroid dienone is 4. The van der Waals surface area contributed by atoms with E-state index in [1.165, 1.54) is 263 Å². The fraction of sp³-hybridized carbons (Fsp3) is 0.896. The lowest BCUT2D eigenvalue weighted by atomic mass is 10.0.